The summed E-state index contributed by atoms with van der Waals surface area (Å²) in [5.74, 6) is 0. The van der Waals surface area contributed by atoms with E-state index >= 15 is 0 Å². The zero-order valence-electron chi connectivity index (χ0n) is 15.7. The summed E-state index contributed by atoms with van der Waals surface area (Å²) < 4.78 is 0. The molecule has 0 nitrogen and oxygen atoms in total. The highest BCUT2D eigenvalue weighted by atomic mass is 14.5. The van der Waals surface area contributed by atoms with Gasteiger partial charge in [0.05, 0.1) is 5.41 Å². The minimum Gasteiger partial charge on any atom is -0.0622 e. The third-order valence-corrected chi connectivity index (χ3v) is 6.00. The smallest absolute Gasteiger partial charge is 0.0622 e. The molecule has 0 aliphatic heterocycles. The molecule has 1 aliphatic carbocycles. The van der Waals surface area contributed by atoms with Crippen LogP contribution in [-0.4, -0.2) is 0 Å². The molecule has 130 valence electrons. The summed E-state index contributed by atoms with van der Waals surface area (Å²) in [5.41, 5.74) is 10.6. The molecule has 0 radical (unpaired) electrons. The second-order valence-electron chi connectivity index (χ2n) is 7.48. The van der Waals surface area contributed by atoms with Gasteiger partial charge >= 0.3 is 0 Å². The van der Waals surface area contributed by atoms with E-state index in [2.05, 4.69) is 111 Å². The Morgan fingerprint density at radius 2 is 0.852 bits per heavy atom. The predicted molar refractivity (Wildman–Crippen MR) is 113 cm³/mol. The topological polar surface area (TPSA) is 0 Å². The van der Waals surface area contributed by atoms with Gasteiger partial charge in [0.25, 0.3) is 0 Å². The zero-order chi connectivity index (χ0) is 18.4. The first kappa shape index (κ1) is 16.1. The molecule has 4 aromatic carbocycles. The van der Waals surface area contributed by atoms with Crippen molar-refractivity contribution >= 4 is 0 Å². The van der Waals surface area contributed by atoms with Gasteiger partial charge in [-0.2, -0.15) is 0 Å². The SMILES string of the molecule is Cc1cccc2c1C(c1ccccc1)(c1ccccc1)c1c(C)cccc1-2. The summed E-state index contributed by atoms with van der Waals surface area (Å²) in [6, 6.07) is 35.4. The molecule has 27 heavy (non-hydrogen) atoms. The molecule has 0 atom stereocenters. The lowest BCUT2D eigenvalue weighted by molar-refractivity contribution is 0.755. The van der Waals surface area contributed by atoms with Crippen molar-refractivity contribution in [1.29, 1.82) is 0 Å². The minimum absolute atomic E-state index is 0.274. The van der Waals surface area contributed by atoms with E-state index in [0.717, 1.165) is 0 Å². The van der Waals surface area contributed by atoms with Crippen LogP contribution in [0.4, 0.5) is 0 Å². The molecular weight excluding hydrogens is 324 g/mol. The highest BCUT2D eigenvalue weighted by Gasteiger charge is 2.47. The summed E-state index contributed by atoms with van der Waals surface area (Å²) in [6.45, 7) is 4.50. The quantitative estimate of drug-likeness (QED) is 0.335. The van der Waals surface area contributed by atoms with E-state index in [9.17, 15) is 0 Å². The number of rotatable bonds is 2. The van der Waals surface area contributed by atoms with Gasteiger partial charge in [-0.25, -0.2) is 0 Å². The first-order valence-electron chi connectivity index (χ1n) is 9.56. The molecule has 4 aromatic rings. The molecule has 0 saturated carbocycles. The van der Waals surface area contributed by atoms with E-state index in [4.69, 9.17) is 0 Å². The maximum Gasteiger partial charge on any atom is 0.0718 e. The van der Waals surface area contributed by atoms with Gasteiger partial charge in [-0.05, 0) is 58.4 Å². The van der Waals surface area contributed by atoms with Gasteiger partial charge in [-0.1, -0.05) is 97.1 Å². The number of hydrogen-bond donors (Lipinski definition) is 0. The van der Waals surface area contributed by atoms with E-state index in [1.165, 1.54) is 44.5 Å². The van der Waals surface area contributed by atoms with Crippen LogP contribution in [-0.2, 0) is 5.41 Å². The Hall–Kier alpha value is -3.12. The molecule has 0 aromatic heterocycles. The molecule has 5 rings (SSSR count). The summed E-state index contributed by atoms with van der Waals surface area (Å²) in [7, 11) is 0. The first-order chi connectivity index (χ1) is 13.2. The van der Waals surface area contributed by atoms with Crippen molar-refractivity contribution in [3.63, 3.8) is 0 Å². The molecule has 1 aliphatic rings. The average Bonchev–Trinajstić information content (AvgIpc) is 3.03. The summed E-state index contributed by atoms with van der Waals surface area (Å²) in [5, 5.41) is 0. The molecule has 0 spiro atoms. The molecular formula is C27H22. The van der Waals surface area contributed by atoms with Crippen LogP contribution in [0, 0.1) is 13.8 Å². The van der Waals surface area contributed by atoms with Crippen molar-refractivity contribution in [3.05, 3.63) is 130 Å². The zero-order valence-corrected chi connectivity index (χ0v) is 15.7. The molecule has 0 bridgehead atoms. The molecule has 0 heteroatoms. The van der Waals surface area contributed by atoms with Gasteiger partial charge in [-0.3, -0.25) is 0 Å². The van der Waals surface area contributed by atoms with Crippen molar-refractivity contribution in [1.82, 2.24) is 0 Å². The number of hydrogen-bond acceptors (Lipinski definition) is 0. The first-order valence-corrected chi connectivity index (χ1v) is 9.56. The normalized spacial score (nSPS) is 13.9. The Balaban J connectivity index is 2.04. The Bertz CT molecular complexity index is 1030. The second-order valence-corrected chi connectivity index (χ2v) is 7.48. The fourth-order valence-electron chi connectivity index (χ4n) is 5.03. The van der Waals surface area contributed by atoms with Gasteiger partial charge < -0.3 is 0 Å². The van der Waals surface area contributed by atoms with E-state index < -0.39 is 0 Å². The van der Waals surface area contributed by atoms with Crippen LogP contribution in [0.1, 0.15) is 33.4 Å². The highest BCUT2D eigenvalue weighted by Crippen LogP contribution is 2.57. The van der Waals surface area contributed by atoms with Gasteiger partial charge in [0, 0.05) is 0 Å². The predicted octanol–water partition coefficient (Wildman–Crippen LogP) is 6.67. The van der Waals surface area contributed by atoms with Crippen LogP contribution >= 0.6 is 0 Å². The molecule has 0 N–H and O–H groups in total. The number of aryl methyl sites for hydroxylation is 2. The summed E-state index contributed by atoms with van der Waals surface area (Å²) >= 11 is 0. The van der Waals surface area contributed by atoms with Crippen LogP contribution < -0.4 is 0 Å². The standard InChI is InChI=1S/C27H22/c1-19-11-9-17-23-24-18-10-12-20(2)26(24)27(25(19)23,21-13-5-3-6-14-21)22-15-7-4-8-16-22/h3-18H,1-2H3. The Morgan fingerprint density at radius 3 is 1.26 bits per heavy atom. The van der Waals surface area contributed by atoms with Crippen LogP contribution in [0.25, 0.3) is 11.1 Å². The van der Waals surface area contributed by atoms with E-state index in [-0.39, 0.29) is 5.41 Å². The summed E-state index contributed by atoms with van der Waals surface area (Å²) in [6.07, 6.45) is 0. The largest absolute Gasteiger partial charge is 0.0718 e. The molecule has 0 heterocycles. The fraction of sp³-hybridized carbons (Fsp3) is 0.111. The Labute approximate surface area is 161 Å². The van der Waals surface area contributed by atoms with Crippen molar-refractivity contribution < 1.29 is 0 Å². The van der Waals surface area contributed by atoms with Crippen LogP contribution in [0.2, 0.25) is 0 Å². The molecule has 0 unspecified atom stereocenters. The van der Waals surface area contributed by atoms with Crippen molar-refractivity contribution in [2.24, 2.45) is 0 Å². The minimum atomic E-state index is -0.274. The van der Waals surface area contributed by atoms with Gasteiger partial charge in [0.1, 0.15) is 0 Å². The van der Waals surface area contributed by atoms with Gasteiger partial charge in [0.15, 0.2) is 0 Å². The second kappa shape index (κ2) is 5.96. The molecule has 0 fully saturated rings. The van der Waals surface area contributed by atoms with Crippen molar-refractivity contribution in [2.75, 3.05) is 0 Å². The van der Waals surface area contributed by atoms with Crippen LogP contribution in [0.3, 0.4) is 0 Å². The van der Waals surface area contributed by atoms with Crippen molar-refractivity contribution in [3.8, 4) is 11.1 Å². The number of fused-ring (bicyclic) bond motifs is 3. The molecule has 0 saturated heterocycles. The van der Waals surface area contributed by atoms with Crippen LogP contribution in [0.5, 0.6) is 0 Å². The maximum absolute atomic E-state index is 2.29. The number of benzene rings is 4. The monoisotopic (exact) mass is 346 g/mol. The highest BCUT2D eigenvalue weighted by molar-refractivity contribution is 5.88. The summed E-state index contributed by atoms with van der Waals surface area (Å²) in [4.78, 5) is 0. The van der Waals surface area contributed by atoms with Gasteiger partial charge in [0.2, 0.25) is 0 Å². The Morgan fingerprint density at radius 1 is 0.444 bits per heavy atom. The lowest BCUT2D eigenvalue weighted by atomic mass is 9.66. The van der Waals surface area contributed by atoms with E-state index in [0.29, 0.717) is 0 Å². The third kappa shape index (κ3) is 2.10. The maximum atomic E-state index is 2.29. The Kier molecular flexibility index (Phi) is 3.55. The fourth-order valence-corrected chi connectivity index (χ4v) is 5.03. The lowest BCUT2D eigenvalue weighted by Gasteiger charge is -2.35. The third-order valence-electron chi connectivity index (χ3n) is 6.00. The lowest BCUT2D eigenvalue weighted by Crippen LogP contribution is -2.30. The van der Waals surface area contributed by atoms with E-state index in [1.807, 2.05) is 0 Å². The van der Waals surface area contributed by atoms with Crippen LogP contribution in [0.15, 0.2) is 97.1 Å². The van der Waals surface area contributed by atoms with E-state index in [1.54, 1.807) is 0 Å². The molecule has 0 amide bonds. The van der Waals surface area contributed by atoms with Crippen molar-refractivity contribution in [2.45, 2.75) is 19.3 Å². The van der Waals surface area contributed by atoms with Gasteiger partial charge in [-0.15, -0.1) is 0 Å². The average molecular weight is 346 g/mol.